The van der Waals surface area contributed by atoms with Crippen LogP contribution in [0.25, 0.3) is 11.1 Å². The molecule has 0 radical (unpaired) electrons. The van der Waals surface area contributed by atoms with E-state index in [0.717, 1.165) is 58.0 Å². The number of carbonyl (C=O) groups is 1. The first-order valence-electron chi connectivity index (χ1n) is 15.3. The van der Waals surface area contributed by atoms with Crippen molar-refractivity contribution in [2.24, 2.45) is 16.8 Å². The van der Waals surface area contributed by atoms with Crippen molar-refractivity contribution in [3.05, 3.63) is 91.9 Å². The van der Waals surface area contributed by atoms with Crippen molar-refractivity contribution in [2.45, 2.75) is 72.9 Å². The molecule has 1 aromatic heterocycles. The molecule has 1 atom stereocenters. The third-order valence-electron chi connectivity index (χ3n) is 8.58. The van der Waals surface area contributed by atoms with Gasteiger partial charge in [0, 0.05) is 54.8 Å². The molecule has 0 bridgehead atoms. The van der Waals surface area contributed by atoms with Crippen molar-refractivity contribution in [3.63, 3.8) is 0 Å². The number of aliphatic hydroxyl groups is 1. The van der Waals surface area contributed by atoms with E-state index in [-0.39, 0.29) is 24.6 Å². The lowest BCUT2D eigenvalue weighted by atomic mass is 9.89. The Kier molecular flexibility index (Phi) is 11.3. The van der Waals surface area contributed by atoms with Crippen LogP contribution in [0, 0.1) is 32.6 Å². The lowest BCUT2D eigenvalue weighted by Crippen LogP contribution is -2.29. The molecule has 42 heavy (non-hydrogen) atoms. The summed E-state index contributed by atoms with van der Waals surface area (Å²) in [6.45, 7) is 10.2. The number of carbonyl (C=O) groups excluding carboxylic acids is 1. The van der Waals surface area contributed by atoms with Gasteiger partial charge < -0.3 is 20.7 Å². The van der Waals surface area contributed by atoms with Gasteiger partial charge in [-0.05, 0) is 78.6 Å². The SMILES string of the molecule is CCC(CN=Cc1c(C)cc(-c2cccc(CNCCO)c2)cc1C(=O)NCc1c(C)cc(C)[nH]c1=O)C1CCCC1. The molecule has 1 saturated carbocycles. The first kappa shape index (κ1) is 31.4. The monoisotopic (exact) mass is 570 g/mol. The zero-order chi connectivity index (χ0) is 30.1. The van der Waals surface area contributed by atoms with Gasteiger partial charge in [-0.2, -0.15) is 0 Å². The van der Waals surface area contributed by atoms with Crippen LogP contribution in [0.3, 0.4) is 0 Å². The van der Waals surface area contributed by atoms with Gasteiger partial charge in [-0.3, -0.25) is 14.6 Å². The van der Waals surface area contributed by atoms with Crippen LogP contribution in [0.1, 0.15) is 82.9 Å². The summed E-state index contributed by atoms with van der Waals surface area (Å²) in [6, 6.07) is 14.2. The van der Waals surface area contributed by atoms with E-state index in [1.54, 1.807) is 0 Å². The molecule has 1 amide bonds. The van der Waals surface area contributed by atoms with Crippen molar-refractivity contribution in [2.75, 3.05) is 19.7 Å². The minimum atomic E-state index is -0.232. The topological polar surface area (TPSA) is 107 Å². The molecule has 0 aliphatic heterocycles. The third kappa shape index (κ3) is 8.05. The molecular weight excluding hydrogens is 524 g/mol. The molecule has 2 aromatic carbocycles. The van der Waals surface area contributed by atoms with E-state index in [2.05, 4.69) is 34.7 Å². The fraction of sp³-hybridized carbons (Fsp3) is 0.457. The molecule has 1 fully saturated rings. The summed E-state index contributed by atoms with van der Waals surface area (Å²) in [6.07, 6.45) is 8.21. The number of aromatic amines is 1. The zero-order valence-electron chi connectivity index (χ0n) is 25.6. The van der Waals surface area contributed by atoms with Gasteiger partial charge in [0.1, 0.15) is 0 Å². The Labute approximate surface area is 249 Å². The maximum Gasteiger partial charge on any atom is 0.253 e. The van der Waals surface area contributed by atoms with E-state index in [4.69, 9.17) is 10.1 Å². The molecule has 0 saturated heterocycles. The standard InChI is InChI=1S/C35H46N4O3/c1-5-27(28-10-6-7-11-28)20-37-21-32-24(3)16-30(29-12-8-9-26(17-29)19-36-13-14-40)18-31(32)34(41)38-22-33-23(2)15-25(4)39-35(33)42/h8-9,12,15-18,21,27-28,36,40H,5-7,10-11,13-14,19-20,22H2,1-4H3,(H,38,41)(H,39,42). The van der Waals surface area contributed by atoms with Crippen LogP contribution in [-0.2, 0) is 13.1 Å². The van der Waals surface area contributed by atoms with Gasteiger partial charge >= 0.3 is 0 Å². The number of rotatable bonds is 13. The zero-order valence-corrected chi connectivity index (χ0v) is 25.6. The minimum Gasteiger partial charge on any atom is -0.395 e. The predicted octanol–water partition coefficient (Wildman–Crippen LogP) is 5.61. The quantitative estimate of drug-likeness (QED) is 0.158. The Morgan fingerprint density at radius 3 is 2.57 bits per heavy atom. The summed E-state index contributed by atoms with van der Waals surface area (Å²) < 4.78 is 0. The molecule has 4 N–H and O–H groups in total. The Hall–Kier alpha value is -3.55. The number of H-pyrrole nitrogens is 1. The van der Waals surface area contributed by atoms with Gasteiger partial charge in [0.15, 0.2) is 0 Å². The van der Waals surface area contributed by atoms with Crippen LogP contribution < -0.4 is 16.2 Å². The highest BCUT2D eigenvalue weighted by Crippen LogP contribution is 2.33. The third-order valence-corrected chi connectivity index (χ3v) is 8.58. The average Bonchev–Trinajstić information content (AvgIpc) is 3.50. The van der Waals surface area contributed by atoms with Crippen molar-refractivity contribution in [3.8, 4) is 11.1 Å². The Morgan fingerprint density at radius 2 is 1.86 bits per heavy atom. The second kappa shape index (κ2) is 15.1. The number of aliphatic imine (C=N–C) groups is 1. The Balaban J connectivity index is 1.65. The van der Waals surface area contributed by atoms with Crippen LogP contribution in [0.15, 0.2) is 52.3 Å². The number of aliphatic hydroxyl groups excluding tert-OH is 1. The number of nitrogens with one attached hydrogen (secondary N) is 3. The normalized spacial score (nSPS) is 14.5. The van der Waals surface area contributed by atoms with Gasteiger partial charge in [-0.15, -0.1) is 0 Å². The summed E-state index contributed by atoms with van der Waals surface area (Å²) in [4.78, 5) is 34.1. The molecule has 4 rings (SSSR count). The summed E-state index contributed by atoms with van der Waals surface area (Å²) in [5, 5.41) is 15.3. The number of nitrogens with zero attached hydrogens (tertiary/aromatic N) is 1. The lowest BCUT2D eigenvalue weighted by molar-refractivity contribution is 0.0950. The molecule has 0 spiro atoms. The smallest absolute Gasteiger partial charge is 0.253 e. The van der Waals surface area contributed by atoms with Crippen LogP contribution >= 0.6 is 0 Å². The number of benzene rings is 2. The minimum absolute atomic E-state index is 0.0913. The summed E-state index contributed by atoms with van der Waals surface area (Å²) in [5.74, 6) is 1.08. The van der Waals surface area contributed by atoms with E-state index < -0.39 is 0 Å². The summed E-state index contributed by atoms with van der Waals surface area (Å²) in [5.41, 5.74) is 7.42. The number of aromatic nitrogens is 1. The van der Waals surface area contributed by atoms with Gasteiger partial charge in [0.05, 0.1) is 6.61 Å². The molecule has 3 aromatic rings. The molecule has 7 nitrogen and oxygen atoms in total. The lowest BCUT2D eigenvalue weighted by Gasteiger charge is -2.20. The van der Waals surface area contributed by atoms with Gasteiger partial charge in [0.25, 0.3) is 11.5 Å². The van der Waals surface area contributed by atoms with E-state index in [1.165, 1.54) is 25.7 Å². The van der Waals surface area contributed by atoms with Crippen LogP contribution in [0.4, 0.5) is 0 Å². The maximum atomic E-state index is 13.7. The molecule has 224 valence electrons. The fourth-order valence-electron chi connectivity index (χ4n) is 6.18. The van der Waals surface area contributed by atoms with Gasteiger partial charge in [-0.1, -0.05) is 63.3 Å². The van der Waals surface area contributed by atoms with Gasteiger partial charge in [0.2, 0.25) is 0 Å². The first-order valence-corrected chi connectivity index (χ1v) is 15.3. The molecule has 1 heterocycles. The maximum absolute atomic E-state index is 13.7. The average molecular weight is 571 g/mol. The van der Waals surface area contributed by atoms with Crippen LogP contribution in [-0.4, -0.2) is 41.9 Å². The van der Waals surface area contributed by atoms with Crippen LogP contribution in [0.2, 0.25) is 0 Å². The van der Waals surface area contributed by atoms with Gasteiger partial charge in [-0.25, -0.2) is 0 Å². The molecule has 1 aliphatic carbocycles. The van der Waals surface area contributed by atoms with Crippen molar-refractivity contribution in [1.82, 2.24) is 15.6 Å². The molecule has 1 aliphatic rings. The number of hydrogen-bond donors (Lipinski definition) is 4. The molecule has 1 unspecified atom stereocenters. The largest absolute Gasteiger partial charge is 0.395 e. The molecular formula is C35H46N4O3. The summed E-state index contributed by atoms with van der Waals surface area (Å²) in [7, 11) is 0. The number of amides is 1. The highest BCUT2D eigenvalue weighted by molar-refractivity contribution is 6.04. The van der Waals surface area contributed by atoms with Crippen molar-refractivity contribution < 1.29 is 9.90 Å². The number of hydrogen-bond acceptors (Lipinski definition) is 5. The fourth-order valence-corrected chi connectivity index (χ4v) is 6.18. The highest BCUT2D eigenvalue weighted by atomic mass is 16.3. The van der Waals surface area contributed by atoms with E-state index in [0.29, 0.717) is 30.1 Å². The highest BCUT2D eigenvalue weighted by Gasteiger charge is 2.23. The predicted molar refractivity (Wildman–Crippen MR) is 171 cm³/mol. The Bertz CT molecular complexity index is 1450. The van der Waals surface area contributed by atoms with E-state index in [1.807, 2.05) is 57.3 Å². The Morgan fingerprint density at radius 1 is 1.07 bits per heavy atom. The summed E-state index contributed by atoms with van der Waals surface area (Å²) >= 11 is 0. The van der Waals surface area contributed by atoms with Crippen molar-refractivity contribution >= 4 is 12.1 Å². The van der Waals surface area contributed by atoms with E-state index >= 15 is 0 Å². The number of pyridine rings is 1. The second-order valence-electron chi connectivity index (χ2n) is 11.7. The number of aryl methyl sites for hydroxylation is 3. The van der Waals surface area contributed by atoms with Crippen LogP contribution in [0.5, 0.6) is 0 Å². The second-order valence-corrected chi connectivity index (χ2v) is 11.7. The molecule has 7 heteroatoms. The first-order chi connectivity index (χ1) is 20.3. The van der Waals surface area contributed by atoms with E-state index in [9.17, 15) is 9.59 Å². The van der Waals surface area contributed by atoms with Crippen molar-refractivity contribution in [1.29, 1.82) is 0 Å².